The molecule has 0 bridgehead atoms. The first-order chi connectivity index (χ1) is 12.0. The first kappa shape index (κ1) is 20.1. The van der Waals surface area contributed by atoms with E-state index in [0.29, 0.717) is 27.3 Å². The highest BCUT2D eigenvalue weighted by atomic mass is 35.5. The van der Waals surface area contributed by atoms with Crippen LogP contribution in [-0.4, -0.2) is 55.3 Å². The van der Waals surface area contributed by atoms with Gasteiger partial charge in [0, 0.05) is 35.8 Å². The number of hydrogen-bond acceptors (Lipinski definition) is 4. The van der Waals surface area contributed by atoms with E-state index in [2.05, 4.69) is 15.5 Å². The van der Waals surface area contributed by atoms with Crippen molar-refractivity contribution >= 4 is 52.5 Å². The van der Waals surface area contributed by atoms with Crippen molar-refractivity contribution in [2.24, 2.45) is 0 Å². The van der Waals surface area contributed by atoms with Crippen LogP contribution in [0.15, 0.2) is 24.3 Å². The second-order valence-electron chi connectivity index (χ2n) is 5.55. The van der Waals surface area contributed by atoms with Crippen LogP contribution in [0.2, 0.25) is 10.0 Å². The SMILES string of the molecule is O=C(C=Cc1ccc(Cl)cc1Cl)NC(=S)NCCCN1CCOCC1. The van der Waals surface area contributed by atoms with Crippen molar-refractivity contribution in [2.75, 3.05) is 39.4 Å². The van der Waals surface area contributed by atoms with Gasteiger partial charge in [0.15, 0.2) is 5.11 Å². The molecule has 0 unspecified atom stereocenters. The number of carbonyl (C=O) groups excluding carboxylic acids is 1. The molecule has 1 amide bonds. The summed E-state index contributed by atoms with van der Waals surface area (Å²) >= 11 is 17.0. The zero-order valence-corrected chi connectivity index (χ0v) is 16.1. The first-order valence-electron chi connectivity index (χ1n) is 8.06. The molecule has 1 aliphatic rings. The number of rotatable bonds is 6. The zero-order valence-electron chi connectivity index (χ0n) is 13.8. The van der Waals surface area contributed by atoms with Crippen LogP contribution in [0.4, 0.5) is 0 Å². The Bertz CT molecular complexity index is 634. The molecule has 1 fully saturated rings. The van der Waals surface area contributed by atoms with Gasteiger partial charge < -0.3 is 10.1 Å². The quantitative estimate of drug-likeness (QED) is 0.436. The van der Waals surface area contributed by atoms with Crippen LogP contribution in [0.1, 0.15) is 12.0 Å². The minimum absolute atomic E-state index is 0.309. The lowest BCUT2D eigenvalue weighted by molar-refractivity contribution is -0.115. The van der Waals surface area contributed by atoms with Crippen LogP contribution >= 0.6 is 35.4 Å². The van der Waals surface area contributed by atoms with Gasteiger partial charge in [0.25, 0.3) is 0 Å². The van der Waals surface area contributed by atoms with Crippen LogP contribution in [0, 0.1) is 0 Å². The number of hydrogen-bond donors (Lipinski definition) is 2. The van der Waals surface area contributed by atoms with Gasteiger partial charge >= 0.3 is 0 Å². The Morgan fingerprint density at radius 1 is 1.32 bits per heavy atom. The Morgan fingerprint density at radius 3 is 2.80 bits per heavy atom. The Labute approximate surface area is 163 Å². The summed E-state index contributed by atoms with van der Waals surface area (Å²) in [5.74, 6) is -0.309. The van der Waals surface area contributed by atoms with Gasteiger partial charge in [-0.25, -0.2) is 0 Å². The molecule has 1 aromatic carbocycles. The molecule has 0 radical (unpaired) electrons. The van der Waals surface area contributed by atoms with Gasteiger partial charge in [-0.05, 0) is 49.0 Å². The third-order valence-corrected chi connectivity index (χ3v) is 4.46. The molecule has 1 aromatic rings. The van der Waals surface area contributed by atoms with Gasteiger partial charge in [0.2, 0.25) is 5.91 Å². The monoisotopic (exact) mass is 401 g/mol. The summed E-state index contributed by atoms with van der Waals surface area (Å²) in [4.78, 5) is 14.2. The molecule has 0 aliphatic carbocycles. The molecule has 5 nitrogen and oxygen atoms in total. The maximum atomic E-state index is 11.9. The predicted octanol–water partition coefficient (Wildman–Crippen LogP) is 2.72. The Balaban J connectivity index is 1.65. The first-order valence-corrected chi connectivity index (χ1v) is 9.23. The van der Waals surface area contributed by atoms with Gasteiger partial charge in [0.05, 0.1) is 13.2 Å². The van der Waals surface area contributed by atoms with Crippen molar-refractivity contribution in [3.8, 4) is 0 Å². The van der Waals surface area contributed by atoms with Gasteiger partial charge in [-0.15, -0.1) is 0 Å². The van der Waals surface area contributed by atoms with E-state index in [1.165, 1.54) is 6.08 Å². The molecule has 136 valence electrons. The number of nitrogens with zero attached hydrogens (tertiary/aromatic N) is 1. The number of nitrogens with one attached hydrogen (secondary N) is 2. The summed E-state index contributed by atoms with van der Waals surface area (Å²) in [6.07, 6.45) is 3.96. The minimum Gasteiger partial charge on any atom is -0.379 e. The molecule has 25 heavy (non-hydrogen) atoms. The largest absolute Gasteiger partial charge is 0.379 e. The van der Waals surface area contributed by atoms with Crippen molar-refractivity contribution in [1.82, 2.24) is 15.5 Å². The van der Waals surface area contributed by atoms with Gasteiger partial charge in [0.1, 0.15) is 0 Å². The molecular weight excluding hydrogens is 381 g/mol. The maximum absolute atomic E-state index is 11.9. The summed E-state index contributed by atoms with van der Waals surface area (Å²) in [6, 6.07) is 5.09. The van der Waals surface area contributed by atoms with Crippen molar-refractivity contribution in [3.05, 3.63) is 39.9 Å². The number of ether oxygens (including phenoxy) is 1. The Kier molecular flexibility index (Phi) is 8.64. The van der Waals surface area contributed by atoms with E-state index in [1.54, 1.807) is 24.3 Å². The molecule has 0 spiro atoms. The lowest BCUT2D eigenvalue weighted by Gasteiger charge is -2.26. The highest BCUT2D eigenvalue weighted by Gasteiger charge is 2.09. The lowest BCUT2D eigenvalue weighted by Crippen LogP contribution is -2.41. The maximum Gasteiger partial charge on any atom is 0.250 e. The number of thiocarbonyl (C=S) groups is 1. The summed E-state index contributed by atoms with van der Waals surface area (Å²) in [7, 11) is 0. The molecule has 0 saturated carbocycles. The fourth-order valence-electron chi connectivity index (χ4n) is 2.33. The Morgan fingerprint density at radius 2 is 2.08 bits per heavy atom. The van der Waals surface area contributed by atoms with Gasteiger partial charge in [-0.1, -0.05) is 29.3 Å². The van der Waals surface area contributed by atoms with Crippen LogP contribution < -0.4 is 10.6 Å². The molecule has 1 saturated heterocycles. The predicted molar refractivity (Wildman–Crippen MR) is 106 cm³/mol. The summed E-state index contributed by atoms with van der Waals surface area (Å²) in [6.45, 7) is 5.24. The van der Waals surface area contributed by atoms with E-state index in [9.17, 15) is 4.79 Å². The molecule has 1 heterocycles. The third-order valence-electron chi connectivity index (χ3n) is 3.65. The number of carbonyl (C=O) groups is 1. The van der Waals surface area contributed by atoms with Crippen molar-refractivity contribution in [2.45, 2.75) is 6.42 Å². The topological polar surface area (TPSA) is 53.6 Å². The summed E-state index contributed by atoms with van der Waals surface area (Å²) in [5.41, 5.74) is 0.714. The molecule has 0 aromatic heterocycles. The van der Waals surface area contributed by atoms with Crippen LogP contribution in [-0.2, 0) is 9.53 Å². The fraction of sp³-hybridized carbons (Fsp3) is 0.412. The molecule has 2 rings (SSSR count). The second-order valence-corrected chi connectivity index (χ2v) is 6.80. The highest BCUT2D eigenvalue weighted by Crippen LogP contribution is 2.21. The van der Waals surface area contributed by atoms with E-state index < -0.39 is 0 Å². The van der Waals surface area contributed by atoms with Gasteiger partial charge in [-0.3, -0.25) is 15.0 Å². The Hall–Kier alpha value is -1.18. The highest BCUT2D eigenvalue weighted by molar-refractivity contribution is 7.80. The third kappa shape index (κ3) is 7.71. The number of benzene rings is 1. The number of morpholine rings is 1. The van der Waals surface area contributed by atoms with E-state index in [0.717, 1.165) is 39.3 Å². The van der Waals surface area contributed by atoms with Crippen molar-refractivity contribution < 1.29 is 9.53 Å². The zero-order chi connectivity index (χ0) is 18.1. The normalized spacial score (nSPS) is 15.3. The molecule has 1 aliphatic heterocycles. The minimum atomic E-state index is -0.309. The van der Waals surface area contributed by atoms with Crippen LogP contribution in [0.25, 0.3) is 6.08 Å². The second kappa shape index (κ2) is 10.7. The summed E-state index contributed by atoms with van der Waals surface area (Å²) in [5, 5.41) is 7.00. The van der Waals surface area contributed by atoms with Crippen LogP contribution in [0.3, 0.4) is 0 Å². The van der Waals surface area contributed by atoms with Gasteiger partial charge in [-0.2, -0.15) is 0 Å². The van der Waals surface area contributed by atoms with Crippen molar-refractivity contribution in [3.63, 3.8) is 0 Å². The smallest absolute Gasteiger partial charge is 0.250 e. The average Bonchev–Trinajstić information content (AvgIpc) is 2.59. The molecule has 0 atom stereocenters. The average molecular weight is 402 g/mol. The van der Waals surface area contributed by atoms with E-state index in [-0.39, 0.29) is 5.91 Å². The lowest BCUT2D eigenvalue weighted by atomic mass is 10.2. The van der Waals surface area contributed by atoms with E-state index in [1.807, 2.05) is 0 Å². The fourth-order valence-corrected chi connectivity index (χ4v) is 3.00. The van der Waals surface area contributed by atoms with Crippen LogP contribution in [0.5, 0.6) is 0 Å². The van der Waals surface area contributed by atoms with E-state index in [4.69, 9.17) is 40.2 Å². The summed E-state index contributed by atoms with van der Waals surface area (Å²) < 4.78 is 5.31. The molecule has 2 N–H and O–H groups in total. The van der Waals surface area contributed by atoms with E-state index >= 15 is 0 Å². The van der Waals surface area contributed by atoms with Crippen molar-refractivity contribution in [1.29, 1.82) is 0 Å². The number of amides is 1. The standard InChI is InChI=1S/C17H21Cl2N3O2S/c18-14-4-2-13(15(19)12-14)3-5-16(23)21-17(25)20-6-1-7-22-8-10-24-11-9-22/h2-5,12H,1,6-11H2,(H2,20,21,23,25). The molecule has 8 heteroatoms. The number of halogens is 2. The molecular formula is C17H21Cl2N3O2S.